The van der Waals surface area contributed by atoms with Crippen molar-refractivity contribution in [2.24, 2.45) is 0 Å². The summed E-state index contributed by atoms with van der Waals surface area (Å²) in [5.74, 6) is 0.0969. The first-order valence-electron chi connectivity index (χ1n) is 8.96. The van der Waals surface area contributed by atoms with Crippen LogP contribution in [-0.4, -0.2) is 41.6 Å². The molecule has 4 rings (SSSR count). The second-order valence-corrected chi connectivity index (χ2v) is 7.09. The number of carbonyl (C=O) groups excluding carboxylic acids is 1. The Balaban J connectivity index is 1.66. The monoisotopic (exact) mass is 336 g/mol. The molecule has 0 atom stereocenters. The lowest BCUT2D eigenvalue weighted by molar-refractivity contribution is -0.181. The number of hydrogen-bond donors (Lipinski definition) is 0. The first-order chi connectivity index (χ1) is 12.2. The molecule has 2 aromatic rings. The first-order valence-corrected chi connectivity index (χ1v) is 8.96. The van der Waals surface area contributed by atoms with Crippen LogP contribution in [0, 0.1) is 0 Å². The fourth-order valence-electron chi connectivity index (χ4n) is 4.03. The molecule has 0 aromatic heterocycles. The minimum absolute atomic E-state index is 0.0969. The summed E-state index contributed by atoms with van der Waals surface area (Å²) in [6.45, 7) is 2.07. The number of carbonyl (C=O) groups is 1. The van der Waals surface area contributed by atoms with E-state index in [4.69, 9.17) is 4.84 Å². The summed E-state index contributed by atoms with van der Waals surface area (Å²) < 4.78 is 0. The highest BCUT2D eigenvalue weighted by Crippen LogP contribution is 2.37. The van der Waals surface area contributed by atoms with Crippen molar-refractivity contribution in [3.8, 4) is 0 Å². The van der Waals surface area contributed by atoms with E-state index in [1.165, 1.54) is 16.7 Å². The molecule has 0 spiro atoms. The molecular formula is C21H24N2O2. The molecule has 0 unspecified atom stereocenters. The maximum absolute atomic E-state index is 13.4. The van der Waals surface area contributed by atoms with Crippen LogP contribution in [0.15, 0.2) is 54.6 Å². The van der Waals surface area contributed by atoms with Crippen LogP contribution in [0.1, 0.15) is 23.1 Å². The van der Waals surface area contributed by atoms with E-state index < -0.39 is 5.54 Å². The maximum atomic E-state index is 13.4. The van der Waals surface area contributed by atoms with Gasteiger partial charge in [-0.05, 0) is 30.2 Å². The molecule has 1 aliphatic heterocycles. The van der Waals surface area contributed by atoms with Crippen LogP contribution in [0.4, 0.5) is 0 Å². The molecule has 25 heavy (non-hydrogen) atoms. The zero-order chi connectivity index (χ0) is 17.3. The van der Waals surface area contributed by atoms with E-state index in [0.717, 1.165) is 25.8 Å². The standard InChI is InChI=1S/C21H24N2O2/c1-22(16-17-8-3-2-4-9-17)21(20(24)23-12-7-13-25-23)14-18-10-5-6-11-19(18)15-21/h2-6,8-11H,7,12-16H2,1H3. The van der Waals surface area contributed by atoms with Gasteiger partial charge < -0.3 is 0 Å². The smallest absolute Gasteiger partial charge is 0.267 e. The number of fused-ring (bicyclic) bond motifs is 1. The zero-order valence-corrected chi connectivity index (χ0v) is 14.6. The van der Waals surface area contributed by atoms with Crippen molar-refractivity contribution in [1.82, 2.24) is 9.96 Å². The lowest BCUT2D eigenvalue weighted by atomic mass is 9.91. The topological polar surface area (TPSA) is 32.8 Å². The Morgan fingerprint density at radius 2 is 1.72 bits per heavy atom. The molecule has 0 saturated carbocycles. The molecule has 1 heterocycles. The Labute approximate surface area is 149 Å². The van der Waals surface area contributed by atoms with Crippen LogP contribution in [-0.2, 0) is 29.0 Å². The lowest BCUT2D eigenvalue weighted by Gasteiger charge is -2.39. The van der Waals surface area contributed by atoms with E-state index >= 15 is 0 Å². The third-order valence-corrected chi connectivity index (χ3v) is 5.45. The van der Waals surface area contributed by atoms with Crippen molar-refractivity contribution in [1.29, 1.82) is 0 Å². The third-order valence-electron chi connectivity index (χ3n) is 5.45. The van der Waals surface area contributed by atoms with E-state index in [0.29, 0.717) is 13.2 Å². The van der Waals surface area contributed by atoms with Crippen LogP contribution in [0.5, 0.6) is 0 Å². The van der Waals surface area contributed by atoms with Crippen LogP contribution < -0.4 is 0 Å². The van der Waals surface area contributed by atoms with Gasteiger partial charge >= 0.3 is 0 Å². The van der Waals surface area contributed by atoms with E-state index in [1.54, 1.807) is 5.06 Å². The first kappa shape index (κ1) is 16.3. The molecule has 1 fully saturated rings. The summed E-state index contributed by atoms with van der Waals surface area (Å²) >= 11 is 0. The summed E-state index contributed by atoms with van der Waals surface area (Å²) in [4.78, 5) is 21.3. The molecule has 0 bridgehead atoms. The number of benzene rings is 2. The minimum Gasteiger partial charge on any atom is -0.288 e. The summed E-state index contributed by atoms with van der Waals surface area (Å²) in [5.41, 5.74) is 3.20. The normalized spacial score (nSPS) is 18.6. The van der Waals surface area contributed by atoms with Crippen LogP contribution >= 0.6 is 0 Å². The highest BCUT2D eigenvalue weighted by molar-refractivity contribution is 5.87. The summed E-state index contributed by atoms with van der Waals surface area (Å²) in [7, 11) is 2.06. The zero-order valence-electron chi connectivity index (χ0n) is 14.6. The van der Waals surface area contributed by atoms with Crippen molar-refractivity contribution in [2.75, 3.05) is 20.2 Å². The molecule has 2 aliphatic rings. The average Bonchev–Trinajstić information content (AvgIpc) is 3.30. The second kappa shape index (κ2) is 6.62. The van der Waals surface area contributed by atoms with Crippen molar-refractivity contribution in [2.45, 2.75) is 31.3 Å². The molecule has 130 valence electrons. The van der Waals surface area contributed by atoms with Gasteiger partial charge in [0, 0.05) is 19.4 Å². The molecule has 4 nitrogen and oxygen atoms in total. The van der Waals surface area contributed by atoms with Crippen LogP contribution in [0.3, 0.4) is 0 Å². The average molecular weight is 336 g/mol. The fourth-order valence-corrected chi connectivity index (χ4v) is 4.03. The molecule has 0 N–H and O–H groups in total. The number of hydrogen-bond acceptors (Lipinski definition) is 3. The van der Waals surface area contributed by atoms with Crippen molar-refractivity contribution >= 4 is 5.91 Å². The Kier molecular flexibility index (Phi) is 4.32. The summed E-state index contributed by atoms with van der Waals surface area (Å²) in [6, 6.07) is 18.7. The van der Waals surface area contributed by atoms with Gasteiger partial charge in [-0.1, -0.05) is 54.6 Å². The Hall–Kier alpha value is -2.17. The van der Waals surface area contributed by atoms with Crippen LogP contribution in [0.2, 0.25) is 0 Å². The van der Waals surface area contributed by atoms with Gasteiger partial charge in [-0.25, -0.2) is 5.06 Å². The number of amides is 1. The number of likely N-dealkylation sites (N-methyl/N-ethyl adjacent to an activating group) is 1. The molecule has 1 amide bonds. The molecule has 2 aromatic carbocycles. The molecule has 0 radical (unpaired) electrons. The lowest BCUT2D eigenvalue weighted by Crippen LogP contribution is -2.58. The molecule has 4 heteroatoms. The maximum Gasteiger partial charge on any atom is 0.267 e. The van der Waals surface area contributed by atoms with Crippen LogP contribution in [0.25, 0.3) is 0 Å². The molecular weight excluding hydrogens is 312 g/mol. The van der Waals surface area contributed by atoms with Gasteiger partial charge in [0.2, 0.25) is 0 Å². The van der Waals surface area contributed by atoms with Gasteiger partial charge in [0.15, 0.2) is 0 Å². The quantitative estimate of drug-likeness (QED) is 0.861. The van der Waals surface area contributed by atoms with E-state index in [-0.39, 0.29) is 5.91 Å². The van der Waals surface area contributed by atoms with Gasteiger partial charge in [0.05, 0.1) is 13.2 Å². The summed E-state index contributed by atoms with van der Waals surface area (Å²) in [5, 5.41) is 1.59. The Morgan fingerprint density at radius 1 is 1.08 bits per heavy atom. The highest BCUT2D eigenvalue weighted by atomic mass is 16.7. The molecule has 1 saturated heterocycles. The van der Waals surface area contributed by atoms with E-state index in [9.17, 15) is 4.79 Å². The Morgan fingerprint density at radius 3 is 2.32 bits per heavy atom. The minimum atomic E-state index is -0.566. The van der Waals surface area contributed by atoms with Gasteiger partial charge in [0.25, 0.3) is 5.91 Å². The highest BCUT2D eigenvalue weighted by Gasteiger charge is 2.49. The Bertz CT molecular complexity index is 729. The fraction of sp³-hybridized carbons (Fsp3) is 0.381. The SMILES string of the molecule is CN(Cc1ccccc1)C1(C(=O)N2CCCO2)Cc2ccccc2C1. The van der Waals surface area contributed by atoms with E-state index in [1.807, 2.05) is 18.2 Å². The summed E-state index contributed by atoms with van der Waals surface area (Å²) in [6.07, 6.45) is 2.40. The number of rotatable bonds is 4. The van der Waals surface area contributed by atoms with Gasteiger partial charge in [-0.3, -0.25) is 14.5 Å². The van der Waals surface area contributed by atoms with Gasteiger partial charge in [0.1, 0.15) is 5.54 Å². The predicted octanol–water partition coefficient (Wildman–Crippen LogP) is 2.82. The second-order valence-electron chi connectivity index (χ2n) is 7.09. The molecule has 1 aliphatic carbocycles. The predicted molar refractivity (Wildman–Crippen MR) is 96.8 cm³/mol. The van der Waals surface area contributed by atoms with Crippen molar-refractivity contribution in [3.63, 3.8) is 0 Å². The van der Waals surface area contributed by atoms with Gasteiger partial charge in [-0.2, -0.15) is 0 Å². The number of hydroxylamine groups is 2. The third kappa shape index (κ3) is 2.96. The van der Waals surface area contributed by atoms with Crippen molar-refractivity contribution in [3.05, 3.63) is 71.3 Å². The largest absolute Gasteiger partial charge is 0.288 e. The van der Waals surface area contributed by atoms with E-state index in [2.05, 4.69) is 48.3 Å². The van der Waals surface area contributed by atoms with Crippen molar-refractivity contribution < 1.29 is 9.63 Å². The van der Waals surface area contributed by atoms with Gasteiger partial charge in [-0.15, -0.1) is 0 Å². The number of nitrogens with zero attached hydrogens (tertiary/aromatic N) is 2.